The van der Waals surface area contributed by atoms with Gasteiger partial charge in [0, 0.05) is 29.9 Å². The molecule has 0 aliphatic rings. The molecule has 0 bridgehead atoms. The van der Waals surface area contributed by atoms with Crippen molar-refractivity contribution >= 4 is 11.0 Å². The summed E-state index contributed by atoms with van der Waals surface area (Å²) in [4.78, 5) is 8.56. The molecule has 1 aromatic carbocycles. The number of fused-ring (bicyclic) bond motifs is 1. The molecular weight excluding hydrogens is 226 g/mol. The lowest BCUT2D eigenvalue weighted by Crippen LogP contribution is -2.16. The topological polar surface area (TPSA) is 64.9 Å². The quantitative estimate of drug-likeness (QED) is 0.761. The van der Waals surface area contributed by atoms with Crippen molar-refractivity contribution in [3.8, 4) is 0 Å². The third kappa shape index (κ3) is 1.76. The summed E-state index contributed by atoms with van der Waals surface area (Å²) in [6.45, 7) is 0.452. The van der Waals surface area contributed by atoms with E-state index in [4.69, 9.17) is 10.2 Å². The fourth-order valence-electron chi connectivity index (χ4n) is 2.13. The van der Waals surface area contributed by atoms with Crippen molar-refractivity contribution in [3.05, 3.63) is 60.4 Å². The second kappa shape index (κ2) is 4.58. The Morgan fingerprint density at radius 3 is 2.67 bits per heavy atom. The van der Waals surface area contributed by atoms with Crippen LogP contribution in [0.25, 0.3) is 11.0 Å². The first-order valence-electron chi connectivity index (χ1n) is 5.83. The molecule has 0 aliphatic carbocycles. The van der Waals surface area contributed by atoms with Crippen LogP contribution in [0.3, 0.4) is 0 Å². The van der Waals surface area contributed by atoms with Crippen LogP contribution < -0.4 is 5.73 Å². The fraction of sp³-hybridized carbons (Fsp3) is 0.143. The number of para-hydroxylation sites is 1. The molecule has 1 atom stereocenters. The number of hydrogen-bond acceptors (Lipinski definition) is 4. The molecule has 4 heteroatoms. The predicted octanol–water partition coefficient (Wildman–Crippen LogP) is 2.31. The maximum Gasteiger partial charge on any atom is 0.137 e. The van der Waals surface area contributed by atoms with Crippen LogP contribution >= 0.6 is 0 Å². The van der Waals surface area contributed by atoms with Crippen LogP contribution in [0.5, 0.6) is 0 Å². The fourth-order valence-corrected chi connectivity index (χ4v) is 2.13. The van der Waals surface area contributed by atoms with Gasteiger partial charge < -0.3 is 10.2 Å². The molecule has 1 unspecified atom stereocenters. The number of nitrogens with two attached hydrogens (primary N) is 1. The van der Waals surface area contributed by atoms with Gasteiger partial charge in [-0.2, -0.15) is 0 Å². The molecule has 0 saturated carbocycles. The van der Waals surface area contributed by atoms with E-state index in [9.17, 15) is 0 Å². The molecule has 3 aromatic rings. The van der Waals surface area contributed by atoms with Crippen LogP contribution in [0.2, 0.25) is 0 Å². The second-order valence-electron chi connectivity index (χ2n) is 4.08. The van der Waals surface area contributed by atoms with Gasteiger partial charge in [-0.1, -0.05) is 18.2 Å². The summed E-state index contributed by atoms with van der Waals surface area (Å²) in [5.74, 6) is 0.696. The van der Waals surface area contributed by atoms with E-state index in [-0.39, 0.29) is 5.92 Å². The summed E-state index contributed by atoms with van der Waals surface area (Å²) < 4.78 is 5.54. The minimum atomic E-state index is -0.0325. The first-order valence-corrected chi connectivity index (χ1v) is 5.83. The van der Waals surface area contributed by atoms with E-state index in [0.29, 0.717) is 6.54 Å². The predicted molar refractivity (Wildman–Crippen MR) is 69.1 cm³/mol. The van der Waals surface area contributed by atoms with E-state index in [1.54, 1.807) is 24.7 Å². The standard InChI is InChI=1S/C14H13N3O/c15-8-11(14-16-6-3-7-17-14)12-9-18-13-5-2-1-4-10(12)13/h1-7,9,11H,8,15H2. The molecule has 90 valence electrons. The van der Waals surface area contributed by atoms with Crippen molar-refractivity contribution in [2.75, 3.05) is 6.54 Å². The van der Waals surface area contributed by atoms with E-state index in [2.05, 4.69) is 9.97 Å². The van der Waals surface area contributed by atoms with E-state index >= 15 is 0 Å². The molecule has 0 radical (unpaired) electrons. The average molecular weight is 239 g/mol. The Kier molecular flexibility index (Phi) is 2.78. The lowest BCUT2D eigenvalue weighted by molar-refractivity contribution is 0.603. The molecule has 2 aromatic heterocycles. The van der Waals surface area contributed by atoms with Crippen molar-refractivity contribution in [2.24, 2.45) is 5.73 Å². The Morgan fingerprint density at radius 1 is 1.11 bits per heavy atom. The van der Waals surface area contributed by atoms with Crippen molar-refractivity contribution in [1.29, 1.82) is 0 Å². The molecule has 4 nitrogen and oxygen atoms in total. The third-order valence-electron chi connectivity index (χ3n) is 3.02. The summed E-state index contributed by atoms with van der Waals surface area (Å²) >= 11 is 0. The van der Waals surface area contributed by atoms with Crippen molar-refractivity contribution < 1.29 is 4.42 Å². The number of rotatable bonds is 3. The van der Waals surface area contributed by atoms with Crippen molar-refractivity contribution in [1.82, 2.24) is 9.97 Å². The van der Waals surface area contributed by atoms with Gasteiger partial charge in [0.05, 0.1) is 12.2 Å². The normalized spacial score (nSPS) is 12.7. The minimum Gasteiger partial charge on any atom is -0.464 e. The van der Waals surface area contributed by atoms with Crippen LogP contribution in [0, 0.1) is 0 Å². The van der Waals surface area contributed by atoms with E-state index in [1.165, 1.54) is 0 Å². The first kappa shape index (κ1) is 10.9. The SMILES string of the molecule is NCC(c1ncccn1)c1coc2ccccc12. The van der Waals surface area contributed by atoms with Gasteiger partial charge in [0.25, 0.3) is 0 Å². The molecule has 0 aliphatic heterocycles. The minimum absolute atomic E-state index is 0.0325. The number of benzene rings is 1. The monoisotopic (exact) mass is 239 g/mol. The number of nitrogens with zero attached hydrogens (tertiary/aromatic N) is 2. The maximum atomic E-state index is 5.87. The Balaban J connectivity index is 2.12. The zero-order valence-corrected chi connectivity index (χ0v) is 9.78. The Morgan fingerprint density at radius 2 is 1.89 bits per heavy atom. The van der Waals surface area contributed by atoms with Gasteiger partial charge in [-0.05, 0) is 12.1 Å². The first-order chi connectivity index (χ1) is 8.90. The molecular formula is C14H13N3O. The molecule has 2 heterocycles. The highest BCUT2D eigenvalue weighted by Crippen LogP contribution is 2.29. The van der Waals surface area contributed by atoms with E-state index in [0.717, 1.165) is 22.4 Å². The van der Waals surface area contributed by atoms with Gasteiger partial charge in [0.1, 0.15) is 11.4 Å². The zero-order valence-electron chi connectivity index (χ0n) is 9.78. The summed E-state index contributed by atoms with van der Waals surface area (Å²) in [6, 6.07) is 9.70. The Bertz CT molecular complexity index is 648. The second-order valence-corrected chi connectivity index (χ2v) is 4.08. The van der Waals surface area contributed by atoms with Crippen molar-refractivity contribution in [2.45, 2.75) is 5.92 Å². The summed E-state index contributed by atoms with van der Waals surface area (Å²) in [6.07, 6.45) is 5.21. The molecule has 0 saturated heterocycles. The Hall–Kier alpha value is -2.20. The van der Waals surface area contributed by atoms with Crippen LogP contribution in [0.1, 0.15) is 17.3 Å². The summed E-state index contributed by atoms with van der Waals surface area (Å²) in [5, 5.41) is 1.07. The number of furan rings is 1. The van der Waals surface area contributed by atoms with Gasteiger partial charge in [-0.15, -0.1) is 0 Å². The van der Waals surface area contributed by atoms with Crippen LogP contribution in [0.15, 0.2) is 53.4 Å². The lowest BCUT2D eigenvalue weighted by atomic mass is 9.98. The molecule has 3 rings (SSSR count). The number of hydrogen-bond donors (Lipinski definition) is 1. The smallest absolute Gasteiger partial charge is 0.137 e. The summed E-state index contributed by atoms with van der Waals surface area (Å²) in [5.41, 5.74) is 7.77. The van der Waals surface area contributed by atoms with Crippen LogP contribution in [0.4, 0.5) is 0 Å². The van der Waals surface area contributed by atoms with E-state index in [1.807, 2.05) is 24.3 Å². The molecule has 0 spiro atoms. The van der Waals surface area contributed by atoms with Crippen LogP contribution in [-0.4, -0.2) is 16.5 Å². The highest BCUT2D eigenvalue weighted by molar-refractivity contribution is 5.81. The van der Waals surface area contributed by atoms with Gasteiger partial charge in [0.15, 0.2) is 0 Å². The molecule has 2 N–H and O–H groups in total. The van der Waals surface area contributed by atoms with Crippen LogP contribution in [-0.2, 0) is 0 Å². The Labute approximate surface area is 104 Å². The van der Waals surface area contributed by atoms with Gasteiger partial charge in [0.2, 0.25) is 0 Å². The largest absolute Gasteiger partial charge is 0.464 e. The van der Waals surface area contributed by atoms with E-state index < -0.39 is 0 Å². The lowest BCUT2D eigenvalue weighted by Gasteiger charge is -2.11. The van der Waals surface area contributed by atoms with Gasteiger partial charge in [-0.25, -0.2) is 9.97 Å². The highest BCUT2D eigenvalue weighted by atomic mass is 16.3. The summed E-state index contributed by atoms with van der Waals surface area (Å²) in [7, 11) is 0. The highest BCUT2D eigenvalue weighted by Gasteiger charge is 2.19. The van der Waals surface area contributed by atoms with Gasteiger partial charge >= 0.3 is 0 Å². The van der Waals surface area contributed by atoms with Gasteiger partial charge in [-0.3, -0.25) is 0 Å². The zero-order chi connectivity index (χ0) is 12.4. The third-order valence-corrected chi connectivity index (χ3v) is 3.02. The maximum absolute atomic E-state index is 5.87. The number of aromatic nitrogens is 2. The molecule has 0 fully saturated rings. The van der Waals surface area contributed by atoms with Crippen molar-refractivity contribution in [3.63, 3.8) is 0 Å². The molecule has 0 amide bonds. The average Bonchev–Trinajstić information content (AvgIpc) is 2.85. The molecule has 18 heavy (non-hydrogen) atoms.